The van der Waals surface area contributed by atoms with E-state index in [1.165, 1.54) is 0 Å². The van der Waals surface area contributed by atoms with Gasteiger partial charge in [0.05, 0.1) is 5.41 Å². The van der Waals surface area contributed by atoms with Gasteiger partial charge < -0.3 is 10.8 Å². The van der Waals surface area contributed by atoms with Crippen molar-refractivity contribution in [2.24, 2.45) is 23.0 Å². The van der Waals surface area contributed by atoms with E-state index in [1.54, 1.807) is 0 Å². The fourth-order valence-corrected chi connectivity index (χ4v) is 3.98. The summed E-state index contributed by atoms with van der Waals surface area (Å²) in [6.45, 7) is 4.24. The number of carboxylic acids is 1. The van der Waals surface area contributed by atoms with Crippen molar-refractivity contribution in [2.45, 2.75) is 51.5 Å². The zero-order valence-corrected chi connectivity index (χ0v) is 9.62. The number of hydrogen-bond acceptors (Lipinski definition) is 2. The van der Waals surface area contributed by atoms with Gasteiger partial charge >= 0.3 is 5.97 Å². The summed E-state index contributed by atoms with van der Waals surface area (Å²) in [6, 6.07) is 0. The Hall–Kier alpha value is -0.570. The van der Waals surface area contributed by atoms with Gasteiger partial charge in [0.2, 0.25) is 0 Å². The average molecular weight is 211 g/mol. The van der Waals surface area contributed by atoms with E-state index in [1.807, 2.05) is 0 Å². The van der Waals surface area contributed by atoms with Crippen LogP contribution >= 0.6 is 0 Å². The number of rotatable bonds is 2. The van der Waals surface area contributed by atoms with Crippen molar-refractivity contribution in [3.63, 3.8) is 0 Å². The minimum atomic E-state index is -0.594. The second kappa shape index (κ2) is 3.21. The maximum atomic E-state index is 11.5. The lowest BCUT2D eigenvalue weighted by Gasteiger charge is -2.58. The molecular weight excluding hydrogens is 190 g/mol. The summed E-state index contributed by atoms with van der Waals surface area (Å²) in [5.74, 6) is 0.0200. The van der Waals surface area contributed by atoms with Crippen LogP contribution in [0.4, 0.5) is 0 Å². The molecule has 2 unspecified atom stereocenters. The lowest BCUT2D eigenvalue weighted by molar-refractivity contribution is -0.168. The highest BCUT2D eigenvalue weighted by Gasteiger charge is 2.59. The van der Waals surface area contributed by atoms with Crippen molar-refractivity contribution in [3.05, 3.63) is 0 Å². The van der Waals surface area contributed by atoms with Crippen LogP contribution in [0.2, 0.25) is 0 Å². The lowest BCUT2D eigenvalue weighted by Crippen LogP contribution is -2.63. The molecule has 3 heteroatoms. The molecule has 0 spiro atoms. The van der Waals surface area contributed by atoms with E-state index in [0.717, 1.165) is 32.1 Å². The van der Waals surface area contributed by atoms with Gasteiger partial charge in [-0.2, -0.15) is 0 Å². The molecule has 0 heterocycles. The Morgan fingerprint density at radius 3 is 2.33 bits per heavy atom. The SMILES string of the molecule is CCC1C(C)C2(N)CCC1(C(=O)O)CC2. The molecule has 0 aromatic carbocycles. The normalized spacial score (nSPS) is 49.3. The summed E-state index contributed by atoms with van der Waals surface area (Å²) in [7, 11) is 0. The fraction of sp³-hybridized carbons (Fsp3) is 0.917. The zero-order chi connectivity index (χ0) is 11.3. The van der Waals surface area contributed by atoms with E-state index in [9.17, 15) is 9.90 Å². The molecule has 3 rings (SSSR count). The van der Waals surface area contributed by atoms with Crippen LogP contribution in [0.15, 0.2) is 0 Å². The molecule has 0 saturated heterocycles. The highest BCUT2D eigenvalue weighted by atomic mass is 16.4. The fourth-order valence-electron chi connectivity index (χ4n) is 3.98. The maximum Gasteiger partial charge on any atom is 0.309 e. The molecule has 0 radical (unpaired) electrons. The predicted molar refractivity (Wildman–Crippen MR) is 58.4 cm³/mol. The summed E-state index contributed by atoms with van der Waals surface area (Å²) < 4.78 is 0. The number of carbonyl (C=O) groups is 1. The summed E-state index contributed by atoms with van der Waals surface area (Å²) in [5.41, 5.74) is 5.82. The van der Waals surface area contributed by atoms with E-state index < -0.39 is 11.4 Å². The van der Waals surface area contributed by atoms with Crippen molar-refractivity contribution < 1.29 is 9.90 Å². The van der Waals surface area contributed by atoms with Crippen molar-refractivity contribution >= 4 is 5.97 Å². The van der Waals surface area contributed by atoms with Gasteiger partial charge in [0.15, 0.2) is 0 Å². The van der Waals surface area contributed by atoms with Gasteiger partial charge in [0.1, 0.15) is 0 Å². The molecule has 15 heavy (non-hydrogen) atoms. The Labute approximate surface area is 91.0 Å². The van der Waals surface area contributed by atoms with Crippen molar-refractivity contribution in [1.82, 2.24) is 0 Å². The minimum Gasteiger partial charge on any atom is -0.481 e. The highest BCUT2D eigenvalue weighted by Crippen LogP contribution is 2.58. The monoisotopic (exact) mass is 211 g/mol. The van der Waals surface area contributed by atoms with Crippen LogP contribution < -0.4 is 5.73 Å². The van der Waals surface area contributed by atoms with Crippen LogP contribution in [-0.2, 0) is 4.79 Å². The highest BCUT2D eigenvalue weighted by molar-refractivity contribution is 5.76. The topological polar surface area (TPSA) is 63.3 Å². The number of fused-ring (bicyclic) bond motifs is 3. The van der Waals surface area contributed by atoms with Crippen LogP contribution in [0.25, 0.3) is 0 Å². The molecule has 0 aromatic heterocycles. The predicted octanol–water partition coefficient (Wildman–Crippen LogP) is 2.00. The Bertz CT molecular complexity index is 279. The molecule has 86 valence electrons. The molecule has 0 aliphatic heterocycles. The van der Waals surface area contributed by atoms with E-state index >= 15 is 0 Å². The molecule has 2 atom stereocenters. The molecule has 3 saturated carbocycles. The quantitative estimate of drug-likeness (QED) is 0.734. The molecule has 3 nitrogen and oxygen atoms in total. The van der Waals surface area contributed by atoms with E-state index in [2.05, 4.69) is 13.8 Å². The number of aliphatic carboxylic acids is 1. The van der Waals surface area contributed by atoms with Crippen LogP contribution in [-0.4, -0.2) is 16.6 Å². The summed E-state index contributed by atoms with van der Waals surface area (Å²) >= 11 is 0. The Kier molecular flexibility index (Phi) is 2.34. The molecule has 2 bridgehead atoms. The lowest BCUT2D eigenvalue weighted by atomic mass is 9.47. The first-order valence-electron chi connectivity index (χ1n) is 5.98. The van der Waals surface area contributed by atoms with Gasteiger partial charge in [-0.05, 0) is 37.5 Å². The van der Waals surface area contributed by atoms with Crippen LogP contribution in [0.3, 0.4) is 0 Å². The van der Waals surface area contributed by atoms with Gasteiger partial charge in [0, 0.05) is 5.54 Å². The second-order valence-corrected chi connectivity index (χ2v) is 5.50. The first-order chi connectivity index (χ1) is 6.96. The van der Waals surface area contributed by atoms with Crippen molar-refractivity contribution in [1.29, 1.82) is 0 Å². The summed E-state index contributed by atoms with van der Waals surface area (Å²) in [4.78, 5) is 11.5. The molecule has 3 fully saturated rings. The maximum absolute atomic E-state index is 11.5. The first-order valence-corrected chi connectivity index (χ1v) is 5.98. The smallest absolute Gasteiger partial charge is 0.309 e. The molecule has 3 N–H and O–H groups in total. The van der Waals surface area contributed by atoms with Gasteiger partial charge in [-0.25, -0.2) is 0 Å². The molecular formula is C12H21NO2. The first kappa shape index (κ1) is 10.9. The Morgan fingerprint density at radius 1 is 1.40 bits per heavy atom. The minimum absolute atomic E-state index is 0.0854. The zero-order valence-electron chi connectivity index (χ0n) is 9.62. The third-order valence-electron chi connectivity index (χ3n) is 5.16. The van der Waals surface area contributed by atoms with Crippen molar-refractivity contribution in [2.75, 3.05) is 0 Å². The van der Waals surface area contributed by atoms with E-state index in [-0.39, 0.29) is 11.5 Å². The van der Waals surface area contributed by atoms with Gasteiger partial charge in [-0.1, -0.05) is 20.3 Å². The van der Waals surface area contributed by atoms with Crippen LogP contribution in [0.1, 0.15) is 46.0 Å². The molecule has 0 aromatic rings. The molecule has 0 amide bonds. The number of hydrogen-bond donors (Lipinski definition) is 2. The van der Waals surface area contributed by atoms with Crippen molar-refractivity contribution in [3.8, 4) is 0 Å². The third-order valence-corrected chi connectivity index (χ3v) is 5.16. The largest absolute Gasteiger partial charge is 0.481 e. The molecule has 3 aliphatic rings. The molecule has 3 aliphatic carbocycles. The number of nitrogens with two attached hydrogens (primary N) is 1. The van der Waals surface area contributed by atoms with Gasteiger partial charge in [-0.15, -0.1) is 0 Å². The summed E-state index contributed by atoms with van der Waals surface area (Å²) in [6.07, 6.45) is 4.27. The van der Waals surface area contributed by atoms with Gasteiger partial charge in [-0.3, -0.25) is 4.79 Å². The standard InChI is InChI=1S/C12H21NO2/c1-3-9-8(2)12(13)6-4-11(9,5-7-12)10(14)15/h8-9H,3-7,13H2,1-2H3,(H,14,15). The summed E-state index contributed by atoms with van der Waals surface area (Å²) in [5, 5.41) is 9.48. The Morgan fingerprint density at radius 2 is 1.93 bits per heavy atom. The van der Waals surface area contributed by atoms with Crippen LogP contribution in [0, 0.1) is 17.3 Å². The van der Waals surface area contributed by atoms with E-state index in [0.29, 0.717) is 5.92 Å². The average Bonchev–Trinajstić information content (AvgIpc) is 2.20. The number of carboxylic acid groups (broad SMARTS) is 1. The second-order valence-electron chi connectivity index (χ2n) is 5.50. The van der Waals surface area contributed by atoms with Crippen LogP contribution in [0.5, 0.6) is 0 Å². The van der Waals surface area contributed by atoms with Gasteiger partial charge in [0.25, 0.3) is 0 Å². The Balaban J connectivity index is 2.38. The van der Waals surface area contributed by atoms with E-state index in [4.69, 9.17) is 5.73 Å². The third kappa shape index (κ3) is 1.25.